The second-order valence-electron chi connectivity index (χ2n) is 11.4. The number of piperidine rings is 1. The van der Waals surface area contributed by atoms with Gasteiger partial charge in [-0.3, -0.25) is 4.79 Å². The summed E-state index contributed by atoms with van der Waals surface area (Å²) < 4.78 is 44.1. The highest BCUT2D eigenvalue weighted by molar-refractivity contribution is 7.91. The average Bonchev–Trinajstić information content (AvgIpc) is 2.84. The topological polar surface area (TPSA) is 89.7 Å². The van der Waals surface area contributed by atoms with Gasteiger partial charge in [0.2, 0.25) is 5.91 Å². The van der Waals surface area contributed by atoms with Crippen LogP contribution in [-0.2, 0) is 14.6 Å². The highest BCUT2D eigenvalue weighted by atomic mass is 32.2. The van der Waals surface area contributed by atoms with E-state index in [1.807, 2.05) is 4.90 Å². The first kappa shape index (κ1) is 24.8. The number of carbonyl (C=O) groups is 1. The van der Waals surface area contributed by atoms with Gasteiger partial charge in [-0.2, -0.15) is 0 Å². The summed E-state index contributed by atoms with van der Waals surface area (Å²) in [4.78, 5) is 15.9. The number of halogens is 1. The Morgan fingerprint density at radius 1 is 1.06 bits per heavy atom. The first-order chi connectivity index (χ1) is 16.8. The van der Waals surface area contributed by atoms with Crippen molar-refractivity contribution in [3.05, 3.63) is 36.2 Å². The lowest BCUT2D eigenvalue weighted by atomic mass is 9.49. The van der Waals surface area contributed by atoms with Crippen LogP contribution in [0, 0.1) is 29.1 Å². The Labute approximate surface area is 208 Å². The van der Waals surface area contributed by atoms with Crippen molar-refractivity contribution in [2.45, 2.75) is 56.3 Å². The molecule has 5 aliphatic rings. The molecule has 8 heteroatoms. The molecule has 0 spiro atoms. The minimum absolute atomic E-state index is 0.0274. The van der Waals surface area contributed by atoms with Gasteiger partial charge >= 0.3 is 0 Å². The zero-order chi connectivity index (χ0) is 24.6. The summed E-state index contributed by atoms with van der Waals surface area (Å²) in [7, 11) is -3.44. The maximum atomic E-state index is 13.6. The Balaban J connectivity index is 1.14. The molecule has 1 saturated heterocycles. The predicted molar refractivity (Wildman–Crippen MR) is 132 cm³/mol. The number of likely N-dealkylation sites (tertiary alicyclic amines) is 1. The molecule has 0 radical (unpaired) electrons. The molecule has 1 heterocycles. The van der Waals surface area contributed by atoms with Crippen LogP contribution in [0.1, 0.15) is 51.4 Å². The van der Waals surface area contributed by atoms with E-state index in [0.29, 0.717) is 36.6 Å². The number of carbonyl (C=O) groups excluding carboxylic acids is 1. The molecule has 6 rings (SSSR count). The van der Waals surface area contributed by atoms with E-state index in [9.17, 15) is 17.6 Å². The van der Waals surface area contributed by atoms with Crippen molar-refractivity contribution in [3.8, 4) is 5.75 Å². The quantitative estimate of drug-likeness (QED) is 0.576. The number of hydrogen-bond donors (Lipinski definition) is 1. The highest BCUT2D eigenvalue weighted by Crippen LogP contribution is 2.60. The molecule has 4 bridgehead atoms. The third-order valence-corrected chi connectivity index (χ3v) is 10.8. The molecule has 4 saturated carbocycles. The highest BCUT2D eigenvalue weighted by Gasteiger charge is 2.55. The van der Waals surface area contributed by atoms with Gasteiger partial charge in [0.15, 0.2) is 9.84 Å². The van der Waals surface area contributed by atoms with E-state index in [0.717, 1.165) is 49.9 Å². The monoisotopic (exact) mass is 504 g/mol. The fourth-order valence-corrected chi connectivity index (χ4v) is 9.17. The molecular formula is C27H37FN2O4S. The lowest BCUT2D eigenvalue weighted by molar-refractivity contribution is -0.159. The van der Waals surface area contributed by atoms with Gasteiger partial charge < -0.3 is 15.4 Å². The molecule has 1 aromatic carbocycles. The third kappa shape index (κ3) is 5.15. The zero-order valence-electron chi connectivity index (χ0n) is 20.3. The molecule has 6 nitrogen and oxygen atoms in total. The summed E-state index contributed by atoms with van der Waals surface area (Å²) in [5.74, 6) is 3.20. The number of nitrogens with zero attached hydrogens (tertiary/aromatic N) is 1. The Bertz CT molecular complexity index is 1030. The number of nitrogens with two attached hydrogens (primary N) is 1. The molecule has 4 aliphatic carbocycles. The van der Waals surface area contributed by atoms with E-state index < -0.39 is 9.84 Å². The molecule has 1 aliphatic heterocycles. The summed E-state index contributed by atoms with van der Waals surface area (Å²) >= 11 is 0. The number of sulfone groups is 1. The van der Waals surface area contributed by atoms with Crippen molar-refractivity contribution in [2.75, 3.05) is 32.0 Å². The first-order valence-electron chi connectivity index (χ1n) is 13.0. The van der Waals surface area contributed by atoms with E-state index in [2.05, 4.69) is 0 Å². The molecule has 0 unspecified atom stereocenters. The molecule has 5 fully saturated rings. The van der Waals surface area contributed by atoms with Gasteiger partial charge in [-0.25, -0.2) is 12.8 Å². The van der Waals surface area contributed by atoms with Crippen molar-refractivity contribution in [3.63, 3.8) is 0 Å². The van der Waals surface area contributed by atoms with E-state index in [1.165, 1.54) is 31.4 Å². The van der Waals surface area contributed by atoms with E-state index in [1.54, 1.807) is 12.1 Å². The Hall–Kier alpha value is -1.93. The molecule has 0 atom stereocenters. The Morgan fingerprint density at radius 3 is 2.14 bits per heavy atom. The van der Waals surface area contributed by atoms with Crippen molar-refractivity contribution >= 4 is 15.7 Å². The Kier molecular flexibility index (Phi) is 6.96. The van der Waals surface area contributed by atoms with E-state index >= 15 is 0 Å². The van der Waals surface area contributed by atoms with Crippen LogP contribution in [-0.4, -0.2) is 51.2 Å². The van der Waals surface area contributed by atoms with Crippen molar-refractivity contribution in [1.29, 1.82) is 0 Å². The van der Waals surface area contributed by atoms with Gasteiger partial charge in [-0.05, 0) is 99.3 Å². The normalized spacial score (nSPS) is 31.1. The third-order valence-electron chi connectivity index (χ3n) is 8.87. The van der Waals surface area contributed by atoms with E-state index in [-0.39, 0.29) is 35.1 Å². The maximum Gasteiger partial charge on any atom is 0.228 e. The fraction of sp³-hybridized carbons (Fsp3) is 0.667. The van der Waals surface area contributed by atoms with Gasteiger partial charge in [0.1, 0.15) is 12.4 Å². The number of hydrogen-bond acceptors (Lipinski definition) is 5. The standard InChI is InChI=1S/C27H37FN2O4S/c28-15-23(16-29)17-34-24-1-3-25(4-2-24)35(32,33)18-19-5-7-30(8-6-19)26(31)27-12-20-9-21(13-27)11-22(10-20)14-27/h1-4,15,19-22H,5-14,16-18,29H2. The van der Waals surface area contributed by atoms with Gasteiger partial charge in [0.05, 0.1) is 22.4 Å². The molecular weight excluding hydrogens is 467 g/mol. The Morgan fingerprint density at radius 2 is 1.63 bits per heavy atom. The summed E-state index contributed by atoms with van der Waals surface area (Å²) in [5.41, 5.74) is 5.63. The second-order valence-corrected chi connectivity index (χ2v) is 13.5. The second kappa shape index (κ2) is 9.85. The van der Waals surface area contributed by atoms with Crippen LogP contribution in [0.5, 0.6) is 5.75 Å². The van der Waals surface area contributed by atoms with Crippen LogP contribution in [0.3, 0.4) is 0 Å². The molecule has 1 amide bonds. The summed E-state index contributed by atoms with van der Waals surface area (Å²) in [6.45, 7) is 1.42. The molecule has 35 heavy (non-hydrogen) atoms. The molecule has 192 valence electrons. The largest absolute Gasteiger partial charge is 0.489 e. The maximum absolute atomic E-state index is 13.6. The van der Waals surface area contributed by atoms with Crippen LogP contribution in [0.15, 0.2) is 41.1 Å². The van der Waals surface area contributed by atoms with Gasteiger partial charge in [-0.1, -0.05) is 0 Å². The average molecular weight is 505 g/mol. The van der Waals surface area contributed by atoms with Crippen molar-refractivity contribution < 1.29 is 22.3 Å². The van der Waals surface area contributed by atoms with Crippen molar-refractivity contribution in [1.82, 2.24) is 4.90 Å². The lowest BCUT2D eigenvalue weighted by Gasteiger charge is -2.57. The molecule has 2 N–H and O–H groups in total. The van der Waals surface area contributed by atoms with Crippen LogP contribution in [0.2, 0.25) is 0 Å². The minimum atomic E-state index is -3.44. The van der Waals surface area contributed by atoms with Gasteiger partial charge in [0.25, 0.3) is 0 Å². The summed E-state index contributed by atoms with van der Waals surface area (Å²) in [6.07, 6.45) is 9.08. The number of rotatable bonds is 8. The van der Waals surface area contributed by atoms with Gasteiger partial charge in [0, 0.05) is 25.2 Å². The van der Waals surface area contributed by atoms with Crippen molar-refractivity contribution in [2.24, 2.45) is 34.8 Å². The SMILES string of the molecule is NCC(=CF)COc1ccc(S(=O)(=O)CC2CCN(C(=O)C34CC5CC(CC(C5)C3)C4)CC2)cc1. The zero-order valence-corrected chi connectivity index (χ0v) is 21.1. The number of amides is 1. The molecule has 1 aromatic rings. The smallest absolute Gasteiger partial charge is 0.228 e. The summed E-state index contributed by atoms with van der Waals surface area (Å²) in [6, 6.07) is 6.26. The minimum Gasteiger partial charge on any atom is -0.489 e. The van der Waals surface area contributed by atoms with Crippen LogP contribution in [0.4, 0.5) is 4.39 Å². The summed E-state index contributed by atoms with van der Waals surface area (Å²) in [5, 5.41) is 0. The van der Waals surface area contributed by atoms with Gasteiger partial charge in [-0.15, -0.1) is 0 Å². The molecule has 0 aromatic heterocycles. The number of benzene rings is 1. The van der Waals surface area contributed by atoms with Crippen LogP contribution < -0.4 is 10.5 Å². The predicted octanol–water partition coefficient (Wildman–Crippen LogP) is 4.11. The fourth-order valence-electron chi connectivity index (χ4n) is 7.47. The van der Waals surface area contributed by atoms with E-state index in [4.69, 9.17) is 10.5 Å². The van der Waals surface area contributed by atoms with Crippen LogP contribution >= 0.6 is 0 Å². The lowest BCUT2D eigenvalue weighted by Crippen LogP contribution is -2.55. The number of ether oxygens (including phenoxy) is 1. The first-order valence-corrected chi connectivity index (χ1v) is 14.7. The van der Waals surface area contributed by atoms with Crippen LogP contribution in [0.25, 0.3) is 0 Å².